The Balaban J connectivity index is 1.51. The van der Waals surface area contributed by atoms with Crippen LogP contribution in [0.2, 0.25) is 0 Å². The number of hydrogen-bond donors (Lipinski definition) is 2. The highest BCUT2D eigenvalue weighted by Crippen LogP contribution is 2.32. The van der Waals surface area contributed by atoms with Crippen LogP contribution in [0.4, 0.5) is 15.0 Å². The first-order valence-electron chi connectivity index (χ1n) is 11.3. The summed E-state index contributed by atoms with van der Waals surface area (Å²) in [5.74, 6) is 0.992. The second-order valence-corrected chi connectivity index (χ2v) is 9.46. The molecule has 1 aliphatic carbocycles. The zero-order chi connectivity index (χ0) is 25.2. The van der Waals surface area contributed by atoms with Gasteiger partial charge in [0.05, 0.1) is 24.1 Å². The molecule has 4 rings (SSSR count). The van der Waals surface area contributed by atoms with Gasteiger partial charge in [0, 0.05) is 24.2 Å². The molecule has 1 aromatic heterocycles. The molecule has 1 fully saturated rings. The molecule has 2 aromatic carbocycles. The molecule has 0 saturated heterocycles. The number of alkyl carbamates (subject to hydrolysis) is 1. The maximum absolute atomic E-state index is 14.4. The minimum Gasteiger partial charge on any atom is -0.497 e. The van der Waals surface area contributed by atoms with Crippen LogP contribution in [0.25, 0.3) is 16.9 Å². The summed E-state index contributed by atoms with van der Waals surface area (Å²) in [6, 6.07) is 15.6. The van der Waals surface area contributed by atoms with E-state index in [-0.39, 0.29) is 17.5 Å². The number of hydrogen-bond acceptors (Lipinski definition) is 6. The molecule has 1 aliphatic rings. The van der Waals surface area contributed by atoms with Crippen LogP contribution < -0.4 is 15.4 Å². The van der Waals surface area contributed by atoms with E-state index in [1.54, 1.807) is 17.9 Å². The largest absolute Gasteiger partial charge is 0.497 e. The van der Waals surface area contributed by atoms with Gasteiger partial charge < -0.3 is 20.1 Å². The molecule has 182 valence electrons. The van der Waals surface area contributed by atoms with Gasteiger partial charge in [-0.15, -0.1) is 5.10 Å². The van der Waals surface area contributed by atoms with Gasteiger partial charge in [-0.25, -0.2) is 13.9 Å². The van der Waals surface area contributed by atoms with Crippen LogP contribution in [-0.4, -0.2) is 41.2 Å². The minimum absolute atomic E-state index is 0.0140. The zero-order valence-corrected chi connectivity index (χ0v) is 20.1. The van der Waals surface area contributed by atoms with Crippen molar-refractivity contribution in [1.29, 1.82) is 5.26 Å². The highest BCUT2D eigenvalue weighted by Gasteiger charge is 2.39. The molecule has 1 amide bonds. The maximum atomic E-state index is 14.4. The first-order valence-corrected chi connectivity index (χ1v) is 11.3. The van der Waals surface area contributed by atoms with Gasteiger partial charge in [0.1, 0.15) is 29.1 Å². The highest BCUT2D eigenvalue weighted by atomic mass is 19.1. The van der Waals surface area contributed by atoms with E-state index in [0.29, 0.717) is 29.4 Å². The Hall–Kier alpha value is -4.06. The summed E-state index contributed by atoms with van der Waals surface area (Å²) in [6.07, 6.45) is 0.429. The molecule has 0 bridgehead atoms. The lowest BCUT2D eigenvalue weighted by Crippen LogP contribution is -2.34. The molecule has 1 unspecified atom stereocenters. The van der Waals surface area contributed by atoms with Crippen molar-refractivity contribution in [2.24, 2.45) is 5.92 Å². The zero-order valence-electron chi connectivity index (χ0n) is 20.1. The third kappa shape index (κ3) is 5.90. The van der Waals surface area contributed by atoms with Gasteiger partial charge in [-0.05, 0) is 69.5 Å². The van der Waals surface area contributed by atoms with E-state index in [2.05, 4.69) is 15.7 Å². The number of rotatable bonds is 7. The monoisotopic (exact) mass is 477 g/mol. The van der Waals surface area contributed by atoms with Crippen molar-refractivity contribution in [1.82, 2.24) is 15.1 Å². The summed E-state index contributed by atoms with van der Waals surface area (Å²) in [6.45, 7) is 6.10. The van der Waals surface area contributed by atoms with Crippen molar-refractivity contribution in [3.8, 4) is 28.8 Å². The third-order valence-corrected chi connectivity index (χ3v) is 5.58. The predicted molar refractivity (Wildman–Crippen MR) is 130 cm³/mol. The Labute approximate surface area is 203 Å². The van der Waals surface area contributed by atoms with Gasteiger partial charge in [-0.2, -0.15) is 5.26 Å². The average Bonchev–Trinajstić information content (AvgIpc) is 3.40. The Morgan fingerprint density at radius 1 is 1.23 bits per heavy atom. The fourth-order valence-electron chi connectivity index (χ4n) is 3.70. The van der Waals surface area contributed by atoms with Gasteiger partial charge in [-0.3, -0.25) is 0 Å². The first-order chi connectivity index (χ1) is 16.7. The van der Waals surface area contributed by atoms with Gasteiger partial charge in [0.15, 0.2) is 0 Å². The van der Waals surface area contributed by atoms with Crippen LogP contribution in [0.3, 0.4) is 0 Å². The fourth-order valence-corrected chi connectivity index (χ4v) is 3.70. The van der Waals surface area contributed by atoms with Gasteiger partial charge >= 0.3 is 6.09 Å². The lowest BCUT2D eigenvalue weighted by atomic mass is 10.1. The molecule has 9 heteroatoms. The lowest BCUT2D eigenvalue weighted by Gasteiger charge is -2.19. The molecule has 3 aromatic rings. The van der Waals surface area contributed by atoms with E-state index in [1.807, 2.05) is 57.2 Å². The number of benzene rings is 2. The van der Waals surface area contributed by atoms with Crippen molar-refractivity contribution >= 4 is 11.9 Å². The van der Waals surface area contributed by atoms with Crippen LogP contribution in [0, 0.1) is 23.1 Å². The molecular formula is C26H28FN5O3. The first kappa shape index (κ1) is 24.1. The number of halogens is 1. The molecule has 0 aliphatic heterocycles. The summed E-state index contributed by atoms with van der Waals surface area (Å²) in [7, 11) is 1.60. The number of amides is 1. The van der Waals surface area contributed by atoms with Gasteiger partial charge in [0.2, 0.25) is 0 Å². The van der Waals surface area contributed by atoms with E-state index >= 15 is 0 Å². The van der Waals surface area contributed by atoms with Crippen molar-refractivity contribution in [3.63, 3.8) is 0 Å². The quantitative estimate of drug-likeness (QED) is 0.503. The van der Waals surface area contributed by atoms with Crippen LogP contribution >= 0.6 is 0 Å². The molecule has 2 atom stereocenters. The third-order valence-electron chi connectivity index (χ3n) is 5.58. The minimum atomic E-state index is -0.587. The topological polar surface area (TPSA) is 101 Å². The summed E-state index contributed by atoms with van der Waals surface area (Å²) in [5.41, 5.74) is 1.48. The maximum Gasteiger partial charge on any atom is 0.407 e. The number of methoxy groups -OCH3 is 1. The Kier molecular flexibility index (Phi) is 6.65. The Bertz CT molecular complexity index is 1260. The Morgan fingerprint density at radius 3 is 2.60 bits per heavy atom. The number of carbonyl (C=O) groups excluding carboxylic acids is 1. The van der Waals surface area contributed by atoms with Crippen LogP contribution in [0.5, 0.6) is 5.75 Å². The van der Waals surface area contributed by atoms with E-state index in [9.17, 15) is 9.18 Å². The SMILES string of the molecule is COc1ccc(-n2nc(NCC3C[C@H]3NC(=O)OC(C)(C)C)cc2-c2ccc(C#N)c(F)c2)cc1. The molecule has 8 nitrogen and oxygen atoms in total. The van der Waals surface area contributed by atoms with E-state index < -0.39 is 17.5 Å². The standard InChI is InChI=1S/C26H28FN5O3/c1-26(2,3)35-25(33)30-22-12-18(22)15-29-24-13-23(16-5-6-17(14-28)21(27)11-16)32(31-24)19-7-9-20(34-4)10-8-19/h5-11,13,18,22H,12,15H2,1-4H3,(H,29,31)(H,30,33)/t18?,22-/m1/s1. The van der Waals surface area contributed by atoms with Gasteiger partial charge in [-0.1, -0.05) is 6.07 Å². The smallest absolute Gasteiger partial charge is 0.407 e. The van der Waals surface area contributed by atoms with Crippen molar-refractivity contribution in [2.75, 3.05) is 19.0 Å². The van der Waals surface area contributed by atoms with Crippen LogP contribution in [-0.2, 0) is 4.74 Å². The molecule has 0 radical (unpaired) electrons. The molecule has 2 N–H and O–H groups in total. The molecule has 1 saturated carbocycles. The van der Waals surface area contributed by atoms with Crippen molar-refractivity contribution in [2.45, 2.75) is 38.8 Å². The van der Waals surface area contributed by atoms with Crippen molar-refractivity contribution in [3.05, 3.63) is 59.9 Å². The summed E-state index contributed by atoms with van der Waals surface area (Å²) in [4.78, 5) is 12.0. The average molecular weight is 478 g/mol. The second-order valence-electron chi connectivity index (χ2n) is 9.46. The Morgan fingerprint density at radius 2 is 1.97 bits per heavy atom. The van der Waals surface area contributed by atoms with Crippen LogP contribution in [0.1, 0.15) is 32.8 Å². The van der Waals surface area contributed by atoms with Crippen molar-refractivity contribution < 1.29 is 18.7 Å². The predicted octanol–water partition coefficient (Wildman–Crippen LogP) is 4.88. The number of aromatic nitrogens is 2. The normalized spacial score (nSPS) is 16.8. The number of nitrogens with one attached hydrogen (secondary N) is 2. The molecule has 0 spiro atoms. The lowest BCUT2D eigenvalue weighted by molar-refractivity contribution is 0.0521. The summed E-state index contributed by atoms with van der Waals surface area (Å²) in [5, 5.41) is 20.0. The summed E-state index contributed by atoms with van der Waals surface area (Å²) < 4.78 is 26.6. The number of ether oxygens (including phenoxy) is 2. The molecule has 35 heavy (non-hydrogen) atoms. The summed E-state index contributed by atoms with van der Waals surface area (Å²) >= 11 is 0. The van der Waals surface area contributed by atoms with E-state index in [4.69, 9.17) is 14.7 Å². The highest BCUT2D eigenvalue weighted by molar-refractivity contribution is 5.69. The van der Waals surface area contributed by atoms with E-state index in [1.165, 1.54) is 12.1 Å². The second kappa shape index (κ2) is 9.66. The number of nitriles is 1. The van der Waals surface area contributed by atoms with Crippen LogP contribution in [0.15, 0.2) is 48.5 Å². The number of anilines is 1. The van der Waals surface area contributed by atoms with E-state index in [0.717, 1.165) is 12.1 Å². The van der Waals surface area contributed by atoms with Gasteiger partial charge in [0.25, 0.3) is 0 Å². The molecular weight excluding hydrogens is 449 g/mol. The fraction of sp³-hybridized carbons (Fsp3) is 0.346. The molecule has 1 heterocycles. The number of carbonyl (C=O) groups is 1. The number of nitrogens with zero attached hydrogens (tertiary/aromatic N) is 3.